The smallest absolute Gasteiger partial charge is 0.363 e. The molecular formula is C26H32F4N4O2S. The summed E-state index contributed by atoms with van der Waals surface area (Å²) in [5, 5.41) is 13.3. The monoisotopic (exact) mass is 540 g/mol. The number of likely N-dealkylation sites (tertiary alicyclic amines) is 1. The summed E-state index contributed by atoms with van der Waals surface area (Å²) in [5.74, 6) is -0.873. The third-order valence-corrected chi connectivity index (χ3v) is 9.37. The number of carbonyl (C=O) groups excluding carboxylic acids is 1. The fourth-order valence-electron chi connectivity index (χ4n) is 5.80. The molecule has 2 aromatic rings. The fourth-order valence-corrected chi connectivity index (χ4v) is 6.67. The minimum absolute atomic E-state index is 0.0685. The molecule has 1 N–H and O–H groups in total. The summed E-state index contributed by atoms with van der Waals surface area (Å²) in [6, 6.07) is 2.57. The zero-order valence-electron chi connectivity index (χ0n) is 21.0. The minimum Gasteiger partial charge on any atom is -0.363 e. The highest BCUT2D eigenvalue weighted by atomic mass is 32.1. The first kappa shape index (κ1) is 26.5. The van der Waals surface area contributed by atoms with Gasteiger partial charge >= 0.3 is 6.18 Å². The van der Waals surface area contributed by atoms with Gasteiger partial charge in [-0.25, -0.2) is 4.39 Å². The second-order valence-corrected chi connectivity index (χ2v) is 12.1. The molecule has 3 fully saturated rings. The van der Waals surface area contributed by atoms with E-state index in [0.717, 1.165) is 67.3 Å². The molecule has 5 rings (SSSR count). The SMILES string of the molecule is Cc1nnc(C2CCN(C3CC[C@@](C(=O)NCc4cc(F)cc(C(F)(F)F)c4)(C4(C)CC4)OC3)CC2)s1. The van der Waals surface area contributed by atoms with E-state index >= 15 is 0 Å². The second kappa shape index (κ2) is 9.89. The summed E-state index contributed by atoms with van der Waals surface area (Å²) in [7, 11) is 0. The van der Waals surface area contributed by atoms with Crippen LogP contribution in [0.2, 0.25) is 0 Å². The Balaban J connectivity index is 1.20. The van der Waals surface area contributed by atoms with Gasteiger partial charge in [0, 0.05) is 23.9 Å². The number of aromatic nitrogens is 2. The summed E-state index contributed by atoms with van der Waals surface area (Å²) in [6.07, 6.45) is 0.446. The molecule has 0 radical (unpaired) electrons. The third-order valence-electron chi connectivity index (χ3n) is 8.37. The van der Waals surface area contributed by atoms with Crippen LogP contribution in [0.3, 0.4) is 0 Å². The van der Waals surface area contributed by atoms with Crippen molar-refractivity contribution in [3.63, 3.8) is 0 Å². The molecule has 1 aromatic heterocycles. The summed E-state index contributed by atoms with van der Waals surface area (Å²) in [6.45, 7) is 6.12. The first-order chi connectivity index (χ1) is 17.5. The predicted molar refractivity (Wildman–Crippen MR) is 130 cm³/mol. The lowest BCUT2D eigenvalue weighted by Crippen LogP contribution is -2.60. The van der Waals surface area contributed by atoms with Crippen molar-refractivity contribution in [3.8, 4) is 0 Å². The van der Waals surface area contributed by atoms with E-state index in [4.69, 9.17) is 4.74 Å². The van der Waals surface area contributed by atoms with Crippen molar-refractivity contribution in [2.45, 2.75) is 82.7 Å². The molecule has 6 nitrogen and oxygen atoms in total. The Morgan fingerprint density at radius 1 is 1.16 bits per heavy atom. The highest BCUT2D eigenvalue weighted by molar-refractivity contribution is 7.11. The van der Waals surface area contributed by atoms with Crippen molar-refractivity contribution in [1.29, 1.82) is 0 Å². The third kappa shape index (κ3) is 5.40. The molecule has 2 aliphatic heterocycles. The molecule has 11 heteroatoms. The lowest BCUT2D eigenvalue weighted by atomic mass is 9.77. The predicted octanol–water partition coefficient (Wildman–Crippen LogP) is 5.22. The van der Waals surface area contributed by atoms with Gasteiger partial charge in [-0.3, -0.25) is 9.69 Å². The van der Waals surface area contributed by atoms with Crippen molar-refractivity contribution < 1.29 is 27.1 Å². The minimum atomic E-state index is -4.66. The Morgan fingerprint density at radius 2 is 1.89 bits per heavy atom. The molecule has 1 saturated carbocycles. The average molecular weight is 541 g/mol. The van der Waals surface area contributed by atoms with E-state index < -0.39 is 23.2 Å². The van der Waals surface area contributed by atoms with Crippen molar-refractivity contribution in [2.75, 3.05) is 19.7 Å². The van der Waals surface area contributed by atoms with Crippen LogP contribution in [0.25, 0.3) is 0 Å². The molecule has 3 aliphatic rings. The molecule has 1 aliphatic carbocycles. The second-order valence-electron chi connectivity index (χ2n) is 10.9. The Bertz CT molecular complexity index is 1130. The number of rotatable bonds is 6. The number of carbonyl (C=O) groups is 1. The van der Waals surface area contributed by atoms with E-state index in [1.165, 1.54) is 0 Å². The molecule has 1 unspecified atom stereocenters. The lowest BCUT2D eigenvalue weighted by molar-refractivity contribution is -0.175. The molecule has 1 aromatic carbocycles. The van der Waals surface area contributed by atoms with Crippen molar-refractivity contribution in [2.24, 2.45) is 5.41 Å². The van der Waals surface area contributed by atoms with Crippen LogP contribution in [0.1, 0.15) is 72.5 Å². The number of hydrogen-bond acceptors (Lipinski definition) is 6. The van der Waals surface area contributed by atoms with E-state index in [1.807, 2.05) is 13.8 Å². The van der Waals surface area contributed by atoms with Crippen LogP contribution in [-0.4, -0.2) is 52.3 Å². The van der Waals surface area contributed by atoms with E-state index in [1.54, 1.807) is 11.3 Å². The first-order valence-electron chi connectivity index (χ1n) is 12.8. The van der Waals surface area contributed by atoms with E-state index in [9.17, 15) is 22.4 Å². The van der Waals surface area contributed by atoms with Crippen LogP contribution in [-0.2, 0) is 22.3 Å². The van der Waals surface area contributed by atoms with Crippen LogP contribution >= 0.6 is 11.3 Å². The molecule has 2 atom stereocenters. The maximum atomic E-state index is 13.8. The average Bonchev–Trinajstić information content (AvgIpc) is 3.48. The number of aryl methyl sites for hydroxylation is 1. The zero-order chi connectivity index (χ0) is 26.4. The van der Waals surface area contributed by atoms with Gasteiger partial charge in [0.15, 0.2) is 5.60 Å². The van der Waals surface area contributed by atoms with Crippen LogP contribution < -0.4 is 5.32 Å². The summed E-state index contributed by atoms with van der Waals surface area (Å²) >= 11 is 1.66. The van der Waals surface area contributed by atoms with Gasteiger partial charge in [0.1, 0.15) is 15.8 Å². The molecule has 0 bridgehead atoms. The van der Waals surface area contributed by atoms with Gasteiger partial charge in [0.25, 0.3) is 5.91 Å². The van der Waals surface area contributed by atoms with Crippen molar-refractivity contribution in [1.82, 2.24) is 20.4 Å². The number of nitrogens with zero attached hydrogens (tertiary/aromatic N) is 3. The lowest BCUT2D eigenvalue weighted by Gasteiger charge is -2.47. The van der Waals surface area contributed by atoms with E-state index in [2.05, 4.69) is 20.4 Å². The van der Waals surface area contributed by atoms with Gasteiger partial charge in [-0.2, -0.15) is 13.2 Å². The number of ether oxygens (including phenoxy) is 1. The Labute approximate surface area is 217 Å². The number of alkyl halides is 3. The van der Waals surface area contributed by atoms with Crippen molar-refractivity contribution >= 4 is 17.2 Å². The normalized spacial score (nSPS) is 26.7. The molecule has 3 heterocycles. The number of piperidine rings is 1. The topological polar surface area (TPSA) is 67.4 Å². The number of amides is 1. The van der Waals surface area contributed by atoms with Crippen LogP contribution in [0, 0.1) is 18.2 Å². The maximum absolute atomic E-state index is 13.8. The number of halogens is 4. The molecule has 0 spiro atoms. The standard InChI is InChI=1S/C26H32F4N4O2S/c1-16-32-33-22(37-16)18-4-9-34(10-5-18)21-3-6-25(36-15-21,24(2)7-8-24)23(35)31-14-17-11-19(26(28,29)30)13-20(27)12-17/h11-13,18,21H,3-10,14-15H2,1-2H3,(H,31,35)/t21?,25-/m1/s1. The summed E-state index contributed by atoms with van der Waals surface area (Å²) < 4.78 is 59.4. The highest BCUT2D eigenvalue weighted by Gasteiger charge is 2.62. The van der Waals surface area contributed by atoms with Gasteiger partial charge in [-0.05, 0) is 82.3 Å². The van der Waals surface area contributed by atoms with E-state index in [0.29, 0.717) is 25.0 Å². The van der Waals surface area contributed by atoms with E-state index in [-0.39, 0.29) is 29.5 Å². The molecule has 1 amide bonds. The highest BCUT2D eigenvalue weighted by Crippen LogP contribution is 2.58. The maximum Gasteiger partial charge on any atom is 0.416 e. The first-order valence-corrected chi connectivity index (χ1v) is 13.6. The number of nitrogens with one attached hydrogen (secondary N) is 1. The molecule has 2 saturated heterocycles. The Kier molecular flexibility index (Phi) is 7.08. The largest absolute Gasteiger partial charge is 0.416 e. The number of benzene rings is 1. The zero-order valence-corrected chi connectivity index (χ0v) is 21.9. The van der Waals surface area contributed by atoms with Crippen LogP contribution in [0.5, 0.6) is 0 Å². The molecular weight excluding hydrogens is 508 g/mol. The summed E-state index contributed by atoms with van der Waals surface area (Å²) in [4.78, 5) is 15.9. The van der Waals surface area contributed by atoms with Crippen LogP contribution in [0.4, 0.5) is 17.6 Å². The van der Waals surface area contributed by atoms with Crippen LogP contribution in [0.15, 0.2) is 18.2 Å². The number of hydrogen-bond donors (Lipinski definition) is 1. The Morgan fingerprint density at radius 3 is 2.46 bits per heavy atom. The van der Waals surface area contributed by atoms with Gasteiger partial charge in [-0.1, -0.05) is 6.92 Å². The molecule has 37 heavy (non-hydrogen) atoms. The van der Waals surface area contributed by atoms with Crippen molar-refractivity contribution in [3.05, 3.63) is 45.2 Å². The summed E-state index contributed by atoms with van der Waals surface area (Å²) in [5.41, 5.74) is -2.32. The Hall–Kier alpha value is -2.11. The molecule has 202 valence electrons. The quantitative estimate of drug-likeness (QED) is 0.509. The fraction of sp³-hybridized carbons (Fsp3) is 0.654. The van der Waals surface area contributed by atoms with Gasteiger partial charge in [0.05, 0.1) is 12.2 Å². The van der Waals surface area contributed by atoms with Gasteiger partial charge in [-0.15, -0.1) is 21.5 Å². The van der Waals surface area contributed by atoms with Gasteiger partial charge < -0.3 is 10.1 Å². The van der Waals surface area contributed by atoms with Gasteiger partial charge in [0.2, 0.25) is 0 Å².